The van der Waals surface area contributed by atoms with E-state index in [1.54, 1.807) is 23.0 Å². The van der Waals surface area contributed by atoms with Crippen molar-refractivity contribution >= 4 is 6.29 Å². The van der Waals surface area contributed by atoms with E-state index in [4.69, 9.17) is 0 Å². The average Bonchev–Trinajstić information content (AvgIpc) is 3.14. The standard InChI is InChI=1S/C22H15FN2O/c23-20-12-10-17(11-13-20)16-6-8-18(9-7-16)22-19(15-26)14-25(24-22)21-4-2-1-3-5-21/h1-15H. The molecule has 0 bridgehead atoms. The minimum Gasteiger partial charge on any atom is -0.298 e. The fraction of sp³-hybridized carbons (Fsp3) is 0. The van der Waals surface area contributed by atoms with Crippen LogP contribution in [0.2, 0.25) is 0 Å². The van der Waals surface area contributed by atoms with Gasteiger partial charge in [0.05, 0.1) is 11.3 Å². The number of nitrogens with zero attached hydrogens (tertiary/aromatic N) is 2. The molecule has 3 aromatic carbocycles. The molecule has 0 saturated heterocycles. The van der Waals surface area contributed by atoms with Crippen molar-refractivity contribution in [3.8, 4) is 28.1 Å². The van der Waals surface area contributed by atoms with Crippen LogP contribution in [-0.4, -0.2) is 16.1 Å². The number of para-hydroxylation sites is 1. The molecule has 0 N–H and O–H groups in total. The number of hydrogen-bond donors (Lipinski definition) is 0. The Kier molecular flexibility index (Phi) is 4.15. The summed E-state index contributed by atoms with van der Waals surface area (Å²) in [5, 5.41) is 4.57. The Labute approximate surface area is 150 Å². The molecule has 4 aromatic rings. The van der Waals surface area contributed by atoms with Gasteiger partial charge in [0.1, 0.15) is 11.5 Å². The van der Waals surface area contributed by atoms with Crippen LogP contribution in [0, 0.1) is 5.82 Å². The van der Waals surface area contributed by atoms with E-state index >= 15 is 0 Å². The molecule has 0 unspecified atom stereocenters. The monoisotopic (exact) mass is 342 g/mol. The van der Waals surface area contributed by atoms with Crippen molar-refractivity contribution in [1.29, 1.82) is 0 Å². The Hall–Kier alpha value is -3.53. The Morgan fingerprint density at radius 1 is 0.769 bits per heavy atom. The van der Waals surface area contributed by atoms with E-state index in [0.717, 1.165) is 28.7 Å². The zero-order chi connectivity index (χ0) is 17.9. The van der Waals surface area contributed by atoms with Crippen LogP contribution in [0.15, 0.2) is 85.1 Å². The number of benzene rings is 3. The molecule has 0 saturated carbocycles. The van der Waals surface area contributed by atoms with Crippen molar-refractivity contribution in [2.75, 3.05) is 0 Å². The Morgan fingerprint density at radius 2 is 1.35 bits per heavy atom. The lowest BCUT2D eigenvalue weighted by molar-refractivity contribution is 0.112. The first kappa shape index (κ1) is 16.0. The van der Waals surface area contributed by atoms with Crippen LogP contribution >= 0.6 is 0 Å². The Morgan fingerprint density at radius 3 is 1.96 bits per heavy atom. The Balaban J connectivity index is 1.70. The molecule has 0 aliphatic rings. The molecule has 26 heavy (non-hydrogen) atoms. The van der Waals surface area contributed by atoms with Gasteiger partial charge in [0.15, 0.2) is 6.29 Å². The quantitative estimate of drug-likeness (QED) is 0.480. The highest BCUT2D eigenvalue weighted by Gasteiger charge is 2.12. The average molecular weight is 342 g/mol. The first-order valence-corrected chi connectivity index (χ1v) is 8.21. The van der Waals surface area contributed by atoms with E-state index < -0.39 is 0 Å². The molecular weight excluding hydrogens is 327 g/mol. The number of carbonyl (C=O) groups excluding carboxylic acids is 1. The van der Waals surface area contributed by atoms with Gasteiger partial charge in [-0.25, -0.2) is 9.07 Å². The van der Waals surface area contributed by atoms with Crippen molar-refractivity contribution in [3.05, 3.63) is 96.4 Å². The number of hydrogen-bond acceptors (Lipinski definition) is 2. The summed E-state index contributed by atoms with van der Waals surface area (Å²) in [7, 11) is 0. The van der Waals surface area contributed by atoms with E-state index in [2.05, 4.69) is 5.10 Å². The van der Waals surface area contributed by atoms with Crippen molar-refractivity contribution in [2.45, 2.75) is 0 Å². The van der Waals surface area contributed by atoms with Gasteiger partial charge in [-0.15, -0.1) is 0 Å². The molecular formula is C22H15FN2O. The van der Waals surface area contributed by atoms with Gasteiger partial charge >= 0.3 is 0 Å². The van der Waals surface area contributed by atoms with Gasteiger partial charge in [-0.3, -0.25) is 4.79 Å². The normalized spacial score (nSPS) is 10.7. The van der Waals surface area contributed by atoms with Gasteiger partial charge in [-0.05, 0) is 35.4 Å². The maximum absolute atomic E-state index is 13.1. The molecule has 0 spiro atoms. The summed E-state index contributed by atoms with van der Waals surface area (Å²) in [6.07, 6.45) is 2.54. The topological polar surface area (TPSA) is 34.9 Å². The van der Waals surface area contributed by atoms with E-state index in [1.165, 1.54) is 12.1 Å². The summed E-state index contributed by atoms with van der Waals surface area (Å²) >= 11 is 0. The van der Waals surface area contributed by atoms with Gasteiger partial charge in [0, 0.05) is 11.8 Å². The molecule has 0 aliphatic carbocycles. The third-order valence-electron chi connectivity index (χ3n) is 4.23. The predicted molar refractivity (Wildman–Crippen MR) is 99.8 cm³/mol. The molecule has 1 aromatic heterocycles. The fourth-order valence-corrected chi connectivity index (χ4v) is 2.87. The lowest BCUT2D eigenvalue weighted by atomic mass is 10.0. The zero-order valence-corrected chi connectivity index (χ0v) is 13.8. The van der Waals surface area contributed by atoms with Gasteiger partial charge in [-0.1, -0.05) is 54.6 Å². The van der Waals surface area contributed by atoms with Gasteiger partial charge < -0.3 is 0 Å². The Bertz CT molecular complexity index is 1040. The molecule has 4 heteroatoms. The van der Waals surface area contributed by atoms with Crippen molar-refractivity contribution in [3.63, 3.8) is 0 Å². The lowest BCUT2D eigenvalue weighted by Crippen LogP contribution is -1.94. The maximum Gasteiger partial charge on any atom is 0.153 e. The molecule has 3 nitrogen and oxygen atoms in total. The van der Waals surface area contributed by atoms with E-state index in [1.807, 2.05) is 54.6 Å². The minimum absolute atomic E-state index is 0.257. The van der Waals surface area contributed by atoms with Crippen LogP contribution in [0.25, 0.3) is 28.1 Å². The molecule has 0 aliphatic heterocycles. The predicted octanol–water partition coefficient (Wildman–Crippen LogP) is 5.16. The number of carbonyl (C=O) groups is 1. The molecule has 0 amide bonds. The van der Waals surface area contributed by atoms with Gasteiger partial charge in [-0.2, -0.15) is 5.10 Å². The first-order valence-electron chi connectivity index (χ1n) is 8.21. The van der Waals surface area contributed by atoms with Crippen molar-refractivity contribution in [2.24, 2.45) is 0 Å². The maximum atomic E-state index is 13.1. The molecule has 126 valence electrons. The summed E-state index contributed by atoms with van der Waals surface area (Å²) in [5.74, 6) is -0.257. The second-order valence-corrected chi connectivity index (χ2v) is 5.92. The van der Waals surface area contributed by atoms with Gasteiger partial charge in [0.2, 0.25) is 0 Å². The molecule has 0 fully saturated rings. The SMILES string of the molecule is O=Cc1cn(-c2ccccc2)nc1-c1ccc(-c2ccc(F)cc2)cc1. The molecule has 0 radical (unpaired) electrons. The summed E-state index contributed by atoms with van der Waals surface area (Å²) < 4.78 is 14.8. The van der Waals surface area contributed by atoms with Crippen LogP contribution in [0.3, 0.4) is 0 Å². The number of aldehydes is 1. The van der Waals surface area contributed by atoms with Crippen LogP contribution < -0.4 is 0 Å². The van der Waals surface area contributed by atoms with Gasteiger partial charge in [0.25, 0.3) is 0 Å². The van der Waals surface area contributed by atoms with E-state index in [9.17, 15) is 9.18 Å². The van der Waals surface area contributed by atoms with Crippen molar-refractivity contribution < 1.29 is 9.18 Å². The highest BCUT2D eigenvalue weighted by atomic mass is 19.1. The summed E-state index contributed by atoms with van der Waals surface area (Å²) in [4.78, 5) is 11.5. The smallest absolute Gasteiger partial charge is 0.153 e. The van der Waals surface area contributed by atoms with Crippen LogP contribution in [0.5, 0.6) is 0 Å². The largest absolute Gasteiger partial charge is 0.298 e. The van der Waals surface area contributed by atoms with Crippen LogP contribution in [0.1, 0.15) is 10.4 Å². The summed E-state index contributed by atoms with van der Waals surface area (Å²) in [6.45, 7) is 0. The highest BCUT2D eigenvalue weighted by Crippen LogP contribution is 2.26. The third-order valence-corrected chi connectivity index (χ3v) is 4.23. The zero-order valence-electron chi connectivity index (χ0n) is 13.8. The van der Waals surface area contributed by atoms with Crippen LogP contribution in [-0.2, 0) is 0 Å². The molecule has 1 heterocycles. The lowest BCUT2D eigenvalue weighted by Gasteiger charge is -2.04. The number of rotatable bonds is 4. The second kappa shape index (κ2) is 6.76. The molecule has 4 rings (SSSR count). The summed E-state index contributed by atoms with van der Waals surface area (Å²) in [5.41, 5.74) is 4.82. The first-order chi connectivity index (χ1) is 12.7. The second-order valence-electron chi connectivity index (χ2n) is 5.92. The summed E-state index contributed by atoms with van der Waals surface area (Å²) in [6, 6.07) is 23.7. The number of aromatic nitrogens is 2. The highest BCUT2D eigenvalue weighted by molar-refractivity contribution is 5.86. The number of halogens is 1. The minimum atomic E-state index is -0.257. The van der Waals surface area contributed by atoms with Crippen molar-refractivity contribution in [1.82, 2.24) is 9.78 Å². The third kappa shape index (κ3) is 3.05. The molecule has 0 atom stereocenters. The van der Waals surface area contributed by atoms with E-state index in [-0.39, 0.29) is 5.82 Å². The van der Waals surface area contributed by atoms with E-state index in [0.29, 0.717) is 11.3 Å². The fourth-order valence-electron chi connectivity index (χ4n) is 2.87. The van der Waals surface area contributed by atoms with Crippen LogP contribution in [0.4, 0.5) is 4.39 Å².